The average molecular weight is 154 g/mol. The Bertz CT molecular complexity index is 148. The Kier molecular flexibility index (Phi) is 3.74. The average Bonchev–Trinajstić information content (AvgIpc) is 1.86. The molecule has 0 aliphatic carbocycles. The Morgan fingerprint density at radius 3 is 2.20 bits per heavy atom. The van der Waals surface area contributed by atoms with Crippen molar-refractivity contribution in [1.29, 1.82) is 0 Å². The van der Waals surface area contributed by atoms with Crippen LogP contribution in [0.15, 0.2) is 0 Å². The van der Waals surface area contributed by atoms with Gasteiger partial charge in [0.25, 0.3) is 0 Å². The van der Waals surface area contributed by atoms with Crippen LogP contribution < -0.4 is 0 Å². The summed E-state index contributed by atoms with van der Waals surface area (Å²) in [5.74, 6) is 3.03. The Labute approximate surface area is 66.0 Å². The lowest BCUT2D eigenvalue weighted by atomic mass is 10.4. The zero-order chi connectivity index (χ0) is 8.20. The van der Waals surface area contributed by atoms with E-state index in [2.05, 4.69) is 38.4 Å². The van der Waals surface area contributed by atoms with Gasteiger partial charge in [-0.1, -0.05) is 33.4 Å². The standard InChI is InChI=1S/C9H18Si/c1-6-8-10(4,5)9(3)7-2/h9H,7H2,1-5H3/t9-/m0/s1. The maximum absolute atomic E-state index is 3.36. The molecular formula is C9H18Si. The quantitative estimate of drug-likeness (QED) is 0.423. The van der Waals surface area contributed by atoms with Crippen molar-refractivity contribution in [3.63, 3.8) is 0 Å². The maximum atomic E-state index is 3.36. The van der Waals surface area contributed by atoms with Gasteiger partial charge in [-0.3, -0.25) is 0 Å². The first kappa shape index (κ1) is 9.78. The molecule has 0 aliphatic heterocycles. The molecule has 0 aliphatic rings. The van der Waals surface area contributed by atoms with Crippen molar-refractivity contribution in [3.05, 3.63) is 0 Å². The third kappa shape index (κ3) is 2.58. The van der Waals surface area contributed by atoms with Gasteiger partial charge < -0.3 is 0 Å². The summed E-state index contributed by atoms with van der Waals surface area (Å²) < 4.78 is 0. The van der Waals surface area contributed by atoms with E-state index >= 15 is 0 Å². The molecule has 0 heterocycles. The molecule has 0 radical (unpaired) electrons. The van der Waals surface area contributed by atoms with Gasteiger partial charge in [0.2, 0.25) is 0 Å². The molecule has 0 N–H and O–H groups in total. The second kappa shape index (κ2) is 3.83. The SMILES string of the molecule is CC#C[Si](C)(C)[C@@H](C)CC. The van der Waals surface area contributed by atoms with E-state index in [1.54, 1.807) is 0 Å². The lowest BCUT2D eigenvalue weighted by Crippen LogP contribution is -2.28. The first-order chi connectivity index (χ1) is 4.54. The topological polar surface area (TPSA) is 0 Å². The van der Waals surface area contributed by atoms with E-state index in [-0.39, 0.29) is 0 Å². The van der Waals surface area contributed by atoms with Crippen molar-refractivity contribution in [3.8, 4) is 11.5 Å². The van der Waals surface area contributed by atoms with Crippen LogP contribution in [-0.4, -0.2) is 8.07 Å². The van der Waals surface area contributed by atoms with E-state index in [1.165, 1.54) is 6.42 Å². The van der Waals surface area contributed by atoms with Gasteiger partial charge in [0.15, 0.2) is 0 Å². The van der Waals surface area contributed by atoms with Crippen LogP contribution >= 0.6 is 0 Å². The number of hydrogen-bond acceptors (Lipinski definition) is 0. The van der Waals surface area contributed by atoms with Gasteiger partial charge >= 0.3 is 0 Å². The zero-order valence-electron chi connectivity index (χ0n) is 7.78. The highest BCUT2D eigenvalue weighted by molar-refractivity contribution is 6.86. The van der Waals surface area contributed by atoms with Crippen LogP contribution in [0.25, 0.3) is 0 Å². The normalized spacial score (nSPS) is 13.7. The van der Waals surface area contributed by atoms with Crippen LogP contribution in [0.4, 0.5) is 0 Å². The molecule has 0 aromatic rings. The number of rotatable bonds is 2. The molecule has 0 amide bonds. The van der Waals surface area contributed by atoms with E-state index in [9.17, 15) is 0 Å². The predicted octanol–water partition coefficient (Wildman–Crippen LogP) is 3.06. The van der Waals surface area contributed by atoms with Crippen molar-refractivity contribution < 1.29 is 0 Å². The third-order valence-electron chi connectivity index (χ3n) is 2.29. The van der Waals surface area contributed by atoms with Crippen LogP contribution in [0.5, 0.6) is 0 Å². The van der Waals surface area contributed by atoms with Gasteiger partial charge in [0, 0.05) is 0 Å². The Balaban J connectivity index is 4.18. The fourth-order valence-electron chi connectivity index (χ4n) is 0.956. The summed E-state index contributed by atoms with van der Waals surface area (Å²) in [6.45, 7) is 11.2. The second-order valence-corrected chi connectivity index (χ2v) is 8.08. The lowest BCUT2D eigenvalue weighted by molar-refractivity contribution is 0.849. The minimum absolute atomic E-state index is 0.833. The molecule has 1 heteroatoms. The van der Waals surface area contributed by atoms with Crippen molar-refractivity contribution in [1.82, 2.24) is 0 Å². The molecule has 0 nitrogen and oxygen atoms in total. The Hall–Kier alpha value is -0.223. The van der Waals surface area contributed by atoms with Crippen LogP contribution in [0.1, 0.15) is 27.2 Å². The Morgan fingerprint density at radius 2 is 1.90 bits per heavy atom. The van der Waals surface area contributed by atoms with Crippen molar-refractivity contribution in [2.75, 3.05) is 0 Å². The monoisotopic (exact) mass is 154 g/mol. The van der Waals surface area contributed by atoms with Crippen LogP contribution in [-0.2, 0) is 0 Å². The lowest BCUT2D eigenvalue weighted by Gasteiger charge is -2.21. The summed E-state index contributed by atoms with van der Waals surface area (Å²) in [5.41, 5.74) is 4.19. The minimum atomic E-state index is -1.17. The van der Waals surface area contributed by atoms with Gasteiger partial charge in [0.05, 0.1) is 0 Å². The van der Waals surface area contributed by atoms with Gasteiger partial charge in [-0.05, 0) is 12.5 Å². The molecule has 0 saturated heterocycles. The van der Waals surface area contributed by atoms with E-state index in [4.69, 9.17) is 0 Å². The molecule has 58 valence electrons. The predicted molar refractivity (Wildman–Crippen MR) is 50.6 cm³/mol. The molecule has 0 aromatic heterocycles. The fourth-order valence-corrected chi connectivity index (χ4v) is 2.87. The van der Waals surface area contributed by atoms with Crippen molar-refractivity contribution in [2.45, 2.75) is 45.8 Å². The van der Waals surface area contributed by atoms with E-state index in [0.717, 1.165) is 5.54 Å². The molecule has 0 unspecified atom stereocenters. The molecule has 0 spiro atoms. The first-order valence-corrected chi connectivity index (χ1v) is 7.06. The number of hydrogen-bond donors (Lipinski definition) is 0. The highest BCUT2D eigenvalue weighted by Crippen LogP contribution is 2.23. The summed E-state index contributed by atoms with van der Waals surface area (Å²) in [6.07, 6.45) is 1.27. The molecule has 0 bridgehead atoms. The maximum Gasteiger partial charge on any atom is 0.135 e. The van der Waals surface area contributed by atoms with Crippen molar-refractivity contribution >= 4 is 8.07 Å². The highest BCUT2D eigenvalue weighted by atomic mass is 28.3. The summed E-state index contributed by atoms with van der Waals surface area (Å²) in [5, 5.41) is 0. The summed E-state index contributed by atoms with van der Waals surface area (Å²) in [4.78, 5) is 0. The molecule has 10 heavy (non-hydrogen) atoms. The van der Waals surface area contributed by atoms with Crippen molar-refractivity contribution in [2.24, 2.45) is 0 Å². The Morgan fingerprint density at radius 1 is 1.40 bits per heavy atom. The molecule has 1 atom stereocenters. The molecule has 0 saturated carbocycles. The highest BCUT2D eigenvalue weighted by Gasteiger charge is 2.24. The first-order valence-electron chi connectivity index (χ1n) is 3.98. The van der Waals surface area contributed by atoms with E-state index < -0.39 is 8.07 Å². The van der Waals surface area contributed by atoms with Gasteiger partial charge in [-0.25, -0.2) is 0 Å². The zero-order valence-corrected chi connectivity index (χ0v) is 8.78. The van der Waals surface area contributed by atoms with Gasteiger partial charge in [-0.2, -0.15) is 0 Å². The second-order valence-electron chi connectivity index (χ2n) is 3.41. The fraction of sp³-hybridized carbons (Fsp3) is 0.778. The van der Waals surface area contributed by atoms with Crippen LogP contribution in [0.2, 0.25) is 18.6 Å². The molecule has 0 aromatic carbocycles. The summed E-state index contributed by atoms with van der Waals surface area (Å²) in [6, 6.07) is 0. The third-order valence-corrected chi connectivity index (χ3v) is 6.06. The summed E-state index contributed by atoms with van der Waals surface area (Å²) in [7, 11) is -1.17. The van der Waals surface area contributed by atoms with Gasteiger partial charge in [0.1, 0.15) is 8.07 Å². The van der Waals surface area contributed by atoms with Crippen LogP contribution in [0.3, 0.4) is 0 Å². The molecule has 0 rings (SSSR count). The molecular weight excluding hydrogens is 136 g/mol. The molecule has 0 fully saturated rings. The van der Waals surface area contributed by atoms with Crippen LogP contribution in [0, 0.1) is 11.5 Å². The summed E-state index contributed by atoms with van der Waals surface area (Å²) >= 11 is 0. The van der Waals surface area contributed by atoms with E-state index in [1.807, 2.05) is 6.92 Å². The van der Waals surface area contributed by atoms with Gasteiger partial charge in [-0.15, -0.1) is 11.5 Å². The minimum Gasteiger partial charge on any atom is -0.132 e. The van der Waals surface area contributed by atoms with E-state index in [0.29, 0.717) is 0 Å². The smallest absolute Gasteiger partial charge is 0.132 e. The largest absolute Gasteiger partial charge is 0.135 e.